The van der Waals surface area contributed by atoms with Crippen molar-refractivity contribution in [3.8, 4) is 5.75 Å². The first-order valence-corrected chi connectivity index (χ1v) is 11.9. The number of nitrogens with one attached hydrogen (secondary N) is 1. The van der Waals surface area contributed by atoms with Gasteiger partial charge in [0.1, 0.15) is 5.75 Å². The molecule has 0 spiro atoms. The quantitative estimate of drug-likeness (QED) is 0.613. The Labute approximate surface area is 193 Å². The molecule has 6 heterocycles. The van der Waals surface area contributed by atoms with Crippen LogP contribution in [-0.2, 0) is 4.74 Å². The summed E-state index contributed by atoms with van der Waals surface area (Å²) in [5.41, 5.74) is 3.22. The zero-order chi connectivity index (χ0) is 22.6. The minimum absolute atomic E-state index is 0.00767. The van der Waals surface area contributed by atoms with Gasteiger partial charge in [0.25, 0.3) is 5.91 Å². The van der Waals surface area contributed by atoms with Crippen LogP contribution in [-0.4, -0.2) is 47.6 Å². The molecule has 0 saturated carbocycles. The highest BCUT2D eigenvalue weighted by Crippen LogP contribution is 2.54. The number of fused-ring (bicyclic) bond motifs is 3. The van der Waals surface area contributed by atoms with Crippen molar-refractivity contribution >= 4 is 22.5 Å². The lowest BCUT2D eigenvalue weighted by molar-refractivity contribution is -0.274. The molecule has 1 N–H and O–H groups in total. The Morgan fingerprint density at radius 3 is 2.94 bits per heavy atom. The first-order chi connectivity index (χ1) is 16.1. The summed E-state index contributed by atoms with van der Waals surface area (Å²) in [7, 11) is 1.60. The maximum Gasteiger partial charge on any atom is 0.255 e. The SMILES string of the molecule is CCC12CN3CCC1CC3[C@H](c1ccnc3ccc(C(=O)Nc4ccccc4OC)cc13)O2. The second-order valence-electron chi connectivity index (χ2n) is 9.50. The van der Waals surface area contributed by atoms with Gasteiger partial charge in [0.15, 0.2) is 0 Å². The molecule has 5 aliphatic rings. The Morgan fingerprint density at radius 1 is 1.27 bits per heavy atom. The number of aromatic nitrogens is 1. The fraction of sp³-hybridized carbons (Fsp3) is 0.407. The zero-order valence-electron chi connectivity index (χ0n) is 19.1. The van der Waals surface area contributed by atoms with Crippen LogP contribution in [0, 0.1) is 5.92 Å². The van der Waals surface area contributed by atoms with Gasteiger partial charge in [0.05, 0.1) is 30.0 Å². The summed E-state index contributed by atoms with van der Waals surface area (Å²) in [6.45, 7) is 4.46. The first-order valence-electron chi connectivity index (χ1n) is 11.9. The smallest absolute Gasteiger partial charge is 0.255 e. The van der Waals surface area contributed by atoms with E-state index in [9.17, 15) is 4.79 Å². The van der Waals surface area contributed by atoms with Crippen LogP contribution in [0.1, 0.15) is 48.2 Å². The standard InChI is InChI=1S/C27H29N3O3/c1-3-27-16-30-13-11-18(27)15-23(30)25(33-27)19-10-12-28-21-9-8-17(14-20(19)21)26(31)29-22-6-4-5-7-24(22)32-2/h4-10,12,14,18,23,25H,3,11,13,15-16H2,1-2H3,(H,29,31)/t18?,23?,25-,27?/m0/s1. The summed E-state index contributed by atoms with van der Waals surface area (Å²) in [6.07, 6.45) is 5.34. The van der Waals surface area contributed by atoms with Gasteiger partial charge in [0.2, 0.25) is 0 Å². The normalized spacial score (nSPS) is 29.9. The molecular weight excluding hydrogens is 414 g/mol. The highest BCUT2D eigenvalue weighted by Gasteiger charge is 2.58. The number of rotatable bonds is 5. The average Bonchev–Trinajstić information content (AvgIpc) is 2.88. The average molecular weight is 444 g/mol. The zero-order valence-corrected chi connectivity index (χ0v) is 19.1. The number of carbonyl (C=O) groups excluding carboxylic acids is 1. The summed E-state index contributed by atoms with van der Waals surface area (Å²) >= 11 is 0. The highest BCUT2D eigenvalue weighted by atomic mass is 16.5. The van der Waals surface area contributed by atoms with Gasteiger partial charge in [-0.2, -0.15) is 0 Å². The third-order valence-electron chi connectivity index (χ3n) is 7.98. The maximum atomic E-state index is 13.1. The predicted molar refractivity (Wildman–Crippen MR) is 128 cm³/mol. The van der Waals surface area contributed by atoms with Crippen molar-refractivity contribution in [2.45, 2.75) is 43.9 Å². The molecule has 1 aromatic heterocycles. The third-order valence-corrected chi connectivity index (χ3v) is 7.98. The van der Waals surface area contributed by atoms with Crippen LogP contribution in [0.25, 0.3) is 10.9 Å². The van der Waals surface area contributed by atoms with E-state index >= 15 is 0 Å². The Balaban J connectivity index is 1.36. The Hall–Kier alpha value is -2.96. The minimum atomic E-state index is -0.171. The van der Waals surface area contributed by atoms with Gasteiger partial charge in [-0.15, -0.1) is 0 Å². The number of benzene rings is 2. The second-order valence-corrected chi connectivity index (χ2v) is 9.50. The largest absolute Gasteiger partial charge is 0.495 e. The van der Waals surface area contributed by atoms with Crippen LogP contribution in [0.4, 0.5) is 5.69 Å². The van der Waals surface area contributed by atoms with Crippen LogP contribution >= 0.6 is 0 Å². The lowest BCUT2D eigenvalue weighted by atomic mass is 9.66. The monoisotopic (exact) mass is 443 g/mol. The van der Waals surface area contributed by atoms with E-state index in [0.29, 0.717) is 29.0 Å². The van der Waals surface area contributed by atoms with Crippen LogP contribution in [0.2, 0.25) is 0 Å². The third kappa shape index (κ3) is 3.23. The van der Waals surface area contributed by atoms with E-state index in [-0.39, 0.29) is 17.6 Å². The number of piperidine rings is 3. The fourth-order valence-corrected chi connectivity index (χ4v) is 6.23. The van der Waals surface area contributed by atoms with Gasteiger partial charge < -0.3 is 14.8 Å². The van der Waals surface area contributed by atoms with E-state index < -0.39 is 0 Å². The number of morpholine rings is 1. The van der Waals surface area contributed by atoms with Gasteiger partial charge >= 0.3 is 0 Å². The van der Waals surface area contributed by atoms with Crippen molar-refractivity contribution in [2.24, 2.45) is 5.92 Å². The van der Waals surface area contributed by atoms with E-state index in [4.69, 9.17) is 9.47 Å². The van der Waals surface area contributed by atoms with E-state index in [2.05, 4.69) is 28.2 Å². The molecule has 5 atom stereocenters. The number of hydrogen-bond donors (Lipinski definition) is 1. The lowest BCUT2D eigenvalue weighted by Crippen LogP contribution is -2.70. The van der Waals surface area contributed by atoms with Crippen molar-refractivity contribution in [3.63, 3.8) is 0 Å². The number of anilines is 1. The Bertz CT molecular complexity index is 1230. The molecule has 2 aromatic carbocycles. The van der Waals surface area contributed by atoms with Crippen molar-refractivity contribution in [2.75, 3.05) is 25.5 Å². The van der Waals surface area contributed by atoms with E-state index in [1.54, 1.807) is 7.11 Å². The number of hydrogen-bond acceptors (Lipinski definition) is 5. The fourth-order valence-electron chi connectivity index (χ4n) is 6.23. The van der Waals surface area contributed by atoms with Gasteiger partial charge in [0, 0.05) is 29.7 Å². The number of para-hydroxylation sites is 2. The molecule has 170 valence electrons. The molecule has 6 nitrogen and oxygen atoms in total. The summed E-state index contributed by atoms with van der Waals surface area (Å²) in [6, 6.07) is 15.6. The van der Waals surface area contributed by atoms with Gasteiger partial charge in [-0.05, 0) is 73.7 Å². The number of nitrogens with zero attached hydrogens (tertiary/aromatic N) is 2. The van der Waals surface area contributed by atoms with Crippen LogP contribution < -0.4 is 10.1 Å². The Morgan fingerprint density at radius 2 is 2.15 bits per heavy atom. The van der Waals surface area contributed by atoms with E-state index in [1.165, 1.54) is 12.8 Å². The molecule has 3 aromatic rings. The van der Waals surface area contributed by atoms with Crippen molar-refractivity contribution < 1.29 is 14.3 Å². The molecule has 33 heavy (non-hydrogen) atoms. The van der Waals surface area contributed by atoms with Gasteiger partial charge in [-0.3, -0.25) is 14.7 Å². The summed E-state index contributed by atoms with van der Waals surface area (Å²) in [4.78, 5) is 20.3. The molecule has 4 bridgehead atoms. The molecule has 8 rings (SSSR count). The van der Waals surface area contributed by atoms with Crippen LogP contribution in [0.5, 0.6) is 5.75 Å². The van der Waals surface area contributed by atoms with Gasteiger partial charge in [-0.25, -0.2) is 0 Å². The maximum absolute atomic E-state index is 13.1. The van der Waals surface area contributed by atoms with Crippen LogP contribution in [0.3, 0.4) is 0 Å². The van der Waals surface area contributed by atoms with Gasteiger partial charge in [-0.1, -0.05) is 19.1 Å². The predicted octanol–water partition coefficient (Wildman–Crippen LogP) is 4.81. The number of methoxy groups -OCH3 is 1. The molecule has 5 fully saturated rings. The van der Waals surface area contributed by atoms with Crippen molar-refractivity contribution in [1.82, 2.24) is 9.88 Å². The van der Waals surface area contributed by atoms with Crippen molar-refractivity contribution in [1.29, 1.82) is 0 Å². The number of amides is 1. The molecule has 4 unspecified atom stereocenters. The molecule has 5 aliphatic heterocycles. The first kappa shape index (κ1) is 20.6. The molecule has 1 amide bonds. The number of ether oxygens (including phenoxy) is 2. The summed E-state index contributed by atoms with van der Waals surface area (Å²) < 4.78 is 12.3. The topological polar surface area (TPSA) is 63.7 Å². The number of pyridine rings is 1. The summed E-state index contributed by atoms with van der Waals surface area (Å²) in [5, 5.41) is 3.97. The van der Waals surface area contributed by atoms with Crippen molar-refractivity contribution in [3.05, 3.63) is 65.9 Å². The Kier molecular flexibility index (Phi) is 4.89. The minimum Gasteiger partial charge on any atom is -0.495 e. The molecular formula is C27H29N3O3. The molecule has 5 saturated heterocycles. The second kappa shape index (κ2) is 7.82. The molecule has 6 heteroatoms. The van der Waals surface area contributed by atoms with E-state index in [0.717, 1.165) is 36.0 Å². The highest BCUT2D eigenvalue weighted by molar-refractivity contribution is 6.07. The lowest BCUT2D eigenvalue weighted by Gasteiger charge is -2.64. The number of carbonyl (C=O) groups is 1. The van der Waals surface area contributed by atoms with Crippen LogP contribution in [0.15, 0.2) is 54.7 Å². The molecule has 0 aliphatic carbocycles. The van der Waals surface area contributed by atoms with E-state index in [1.807, 2.05) is 48.7 Å². The summed E-state index contributed by atoms with van der Waals surface area (Å²) in [5.74, 6) is 1.12. The molecule has 0 radical (unpaired) electrons.